The van der Waals surface area contributed by atoms with Crippen LogP contribution in [0.4, 0.5) is 5.69 Å². The van der Waals surface area contributed by atoms with E-state index in [0.29, 0.717) is 27.1 Å². The van der Waals surface area contributed by atoms with Crippen molar-refractivity contribution in [2.24, 2.45) is 0 Å². The second kappa shape index (κ2) is 9.15. The Kier molecular flexibility index (Phi) is 6.61. The molecule has 2 aromatic carbocycles. The van der Waals surface area contributed by atoms with E-state index >= 15 is 0 Å². The Balaban J connectivity index is 1.75. The summed E-state index contributed by atoms with van der Waals surface area (Å²) in [5, 5.41) is 3.79. The molecule has 0 saturated carbocycles. The monoisotopic (exact) mass is 430 g/mol. The molecule has 1 fully saturated rings. The number of hydrogen-bond acceptors (Lipinski definition) is 5. The van der Waals surface area contributed by atoms with Gasteiger partial charge in [-0.15, -0.1) is 0 Å². The molecule has 0 bridgehead atoms. The fourth-order valence-corrected chi connectivity index (χ4v) is 4.01. The number of halogens is 1. The van der Waals surface area contributed by atoms with Gasteiger partial charge >= 0.3 is 0 Å². The maximum atomic E-state index is 12.7. The normalized spacial score (nSPS) is 14.9. The van der Waals surface area contributed by atoms with Gasteiger partial charge in [-0.1, -0.05) is 35.5 Å². The summed E-state index contributed by atoms with van der Waals surface area (Å²) in [5.41, 5.74) is 1.83. The maximum absolute atomic E-state index is 12.7. The number of carbonyl (C=O) groups excluding carboxylic acids is 3. The zero-order valence-corrected chi connectivity index (χ0v) is 17.5. The zero-order valence-electron chi connectivity index (χ0n) is 15.9. The number of amides is 2. The van der Waals surface area contributed by atoms with Crippen LogP contribution in [0.5, 0.6) is 5.75 Å². The van der Waals surface area contributed by atoms with Crippen LogP contribution in [-0.4, -0.2) is 41.9 Å². The van der Waals surface area contributed by atoms with Crippen molar-refractivity contribution in [1.82, 2.24) is 4.90 Å². The number of methoxy groups -OCH3 is 1. The summed E-state index contributed by atoms with van der Waals surface area (Å²) in [6, 6.07) is 12.0. The molecule has 2 aromatic rings. The van der Waals surface area contributed by atoms with Crippen LogP contribution in [0.3, 0.4) is 0 Å². The molecule has 0 radical (unpaired) electrons. The van der Waals surface area contributed by atoms with Gasteiger partial charge in [0, 0.05) is 16.8 Å². The summed E-state index contributed by atoms with van der Waals surface area (Å²) in [6.45, 7) is 1.65. The fraction of sp³-hybridized carbons (Fsp3) is 0.190. The SMILES string of the molecule is COc1ccccc1C(=O)/C=C1\SCC(=O)N1CC(=O)Nc1ccc(Cl)cc1C. The third kappa shape index (κ3) is 4.99. The van der Waals surface area contributed by atoms with Crippen molar-refractivity contribution in [3.05, 3.63) is 69.7 Å². The van der Waals surface area contributed by atoms with Crippen LogP contribution < -0.4 is 10.1 Å². The zero-order chi connectivity index (χ0) is 21.0. The van der Waals surface area contributed by atoms with Crippen molar-refractivity contribution in [3.8, 4) is 5.75 Å². The van der Waals surface area contributed by atoms with E-state index in [0.717, 1.165) is 5.56 Å². The average molecular weight is 431 g/mol. The van der Waals surface area contributed by atoms with Gasteiger partial charge in [-0.25, -0.2) is 0 Å². The average Bonchev–Trinajstić information content (AvgIpc) is 3.03. The van der Waals surface area contributed by atoms with Crippen LogP contribution in [0.25, 0.3) is 0 Å². The summed E-state index contributed by atoms with van der Waals surface area (Å²) in [7, 11) is 1.49. The Hall–Kier alpha value is -2.77. The van der Waals surface area contributed by atoms with E-state index in [-0.39, 0.29) is 29.9 Å². The number of ether oxygens (including phenoxy) is 1. The highest BCUT2D eigenvalue weighted by Crippen LogP contribution is 2.30. The van der Waals surface area contributed by atoms with Crippen LogP contribution in [0.15, 0.2) is 53.6 Å². The number of carbonyl (C=O) groups is 3. The largest absolute Gasteiger partial charge is 0.496 e. The topological polar surface area (TPSA) is 75.7 Å². The summed E-state index contributed by atoms with van der Waals surface area (Å²) >= 11 is 7.16. The van der Waals surface area contributed by atoms with Gasteiger partial charge < -0.3 is 10.1 Å². The van der Waals surface area contributed by atoms with Crippen LogP contribution >= 0.6 is 23.4 Å². The fourth-order valence-electron chi connectivity index (χ4n) is 2.84. The number of para-hydroxylation sites is 1. The van der Waals surface area contributed by atoms with Gasteiger partial charge in [0.15, 0.2) is 5.78 Å². The number of hydrogen-bond donors (Lipinski definition) is 1. The molecule has 1 saturated heterocycles. The Morgan fingerprint density at radius 2 is 2.03 bits per heavy atom. The molecular formula is C21H19ClN2O4S. The molecule has 0 spiro atoms. The van der Waals surface area contributed by atoms with E-state index in [4.69, 9.17) is 16.3 Å². The van der Waals surface area contributed by atoms with Crippen molar-refractivity contribution in [2.45, 2.75) is 6.92 Å². The summed E-state index contributed by atoms with van der Waals surface area (Å²) in [4.78, 5) is 38.7. The number of anilines is 1. The summed E-state index contributed by atoms with van der Waals surface area (Å²) in [5.74, 6) is -0.248. The molecule has 29 heavy (non-hydrogen) atoms. The molecule has 8 heteroatoms. The smallest absolute Gasteiger partial charge is 0.244 e. The van der Waals surface area contributed by atoms with Gasteiger partial charge in [0.25, 0.3) is 0 Å². The molecular weight excluding hydrogens is 412 g/mol. The van der Waals surface area contributed by atoms with Crippen molar-refractivity contribution in [1.29, 1.82) is 0 Å². The first-order chi connectivity index (χ1) is 13.9. The third-order valence-corrected chi connectivity index (χ3v) is 5.56. The number of allylic oxidation sites excluding steroid dienone is 1. The summed E-state index contributed by atoms with van der Waals surface area (Å²) < 4.78 is 5.22. The highest BCUT2D eigenvalue weighted by molar-refractivity contribution is 8.04. The molecule has 6 nitrogen and oxygen atoms in total. The maximum Gasteiger partial charge on any atom is 0.244 e. The Bertz CT molecular complexity index is 1010. The predicted molar refractivity (Wildman–Crippen MR) is 114 cm³/mol. The summed E-state index contributed by atoms with van der Waals surface area (Å²) in [6.07, 6.45) is 1.37. The molecule has 1 aliphatic rings. The van der Waals surface area contributed by atoms with Gasteiger partial charge in [0.05, 0.1) is 23.5 Å². The van der Waals surface area contributed by atoms with Gasteiger partial charge in [0.2, 0.25) is 11.8 Å². The molecule has 0 unspecified atom stereocenters. The standard InChI is InChI=1S/C21H19ClN2O4S/c1-13-9-14(22)7-8-16(13)23-19(26)11-24-20(27)12-29-21(24)10-17(25)15-5-3-4-6-18(15)28-2/h3-10H,11-12H2,1-2H3,(H,23,26)/b21-10-. The van der Waals surface area contributed by atoms with Crippen molar-refractivity contribution in [3.63, 3.8) is 0 Å². The minimum absolute atomic E-state index is 0.179. The Morgan fingerprint density at radius 1 is 1.28 bits per heavy atom. The number of rotatable bonds is 6. The molecule has 1 heterocycles. The quantitative estimate of drug-likeness (QED) is 0.555. The lowest BCUT2D eigenvalue weighted by atomic mass is 10.1. The van der Waals surface area contributed by atoms with Crippen LogP contribution in [0.2, 0.25) is 5.02 Å². The lowest BCUT2D eigenvalue weighted by molar-refractivity contribution is -0.129. The molecule has 150 valence electrons. The minimum atomic E-state index is -0.359. The lowest BCUT2D eigenvalue weighted by Gasteiger charge is -2.17. The third-order valence-electron chi connectivity index (χ3n) is 4.30. The van der Waals surface area contributed by atoms with Crippen LogP contribution in [-0.2, 0) is 9.59 Å². The van der Waals surface area contributed by atoms with Gasteiger partial charge in [-0.3, -0.25) is 19.3 Å². The molecule has 2 amide bonds. The highest BCUT2D eigenvalue weighted by Gasteiger charge is 2.29. The first kappa shape index (κ1) is 21.0. The predicted octanol–water partition coefficient (Wildman–Crippen LogP) is 3.90. The molecule has 1 aliphatic heterocycles. The van der Waals surface area contributed by atoms with E-state index in [1.54, 1.807) is 42.5 Å². The second-order valence-corrected chi connectivity index (χ2v) is 7.76. The lowest BCUT2D eigenvalue weighted by Crippen LogP contribution is -2.34. The molecule has 0 atom stereocenters. The van der Waals surface area contributed by atoms with Crippen molar-refractivity contribution < 1.29 is 19.1 Å². The van der Waals surface area contributed by atoms with E-state index in [2.05, 4.69) is 5.32 Å². The number of nitrogens with one attached hydrogen (secondary N) is 1. The van der Waals surface area contributed by atoms with Gasteiger partial charge in [-0.2, -0.15) is 0 Å². The molecule has 0 aliphatic carbocycles. The van der Waals surface area contributed by atoms with E-state index in [9.17, 15) is 14.4 Å². The van der Waals surface area contributed by atoms with Gasteiger partial charge in [0.1, 0.15) is 12.3 Å². The highest BCUT2D eigenvalue weighted by atomic mass is 35.5. The Labute approximate surface area is 177 Å². The number of thioether (sulfide) groups is 1. The first-order valence-electron chi connectivity index (χ1n) is 8.77. The van der Waals surface area contributed by atoms with E-state index in [1.807, 2.05) is 6.92 Å². The van der Waals surface area contributed by atoms with E-state index in [1.165, 1.54) is 29.8 Å². The molecule has 3 rings (SSSR count). The van der Waals surface area contributed by atoms with Gasteiger partial charge in [-0.05, 0) is 42.8 Å². The first-order valence-corrected chi connectivity index (χ1v) is 10.1. The van der Waals surface area contributed by atoms with E-state index < -0.39 is 0 Å². The molecule has 1 N–H and O–H groups in total. The van der Waals surface area contributed by atoms with Crippen molar-refractivity contribution >= 4 is 46.6 Å². The Morgan fingerprint density at radius 3 is 2.76 bits per heavy atom. The molecule has 0 aromatic heterocycles. The second-order valence-electron chi connectivity index (χ2n) is 6.32. The minimum Gasteiger partial charge on any atom is -0.496 e. The van der Waals surface area contributed by atoms with Crippen LogP contribution in [0, 0.1) is 6.92 Å². The number of benzene rings is 2. The number of aryl methyl sites for hydroxylation is 1. The van der Waals surface area contributed by atoms with Crippen molar-refractivity contribution in [2.75, 3.05) is 24.7 Å². The van der Waals surface area contributed by atoms with Crippen LogP contribution in [0.1, 0.15) is 15.9 Å². The number of ketones is 1. The number of nitrogens with zero attached hydrogens (tertiary/aromatic N) is 1.